The second-order valence-electron chi connectivity index (χ2n) is 11.5. The lowest BCUT2D eigenvalue weighted by Gasteiger charge is -2.29. The van der Waals surface area contributed by atoms with Crippen LogP contribution in [0.2, 0.25) is 0 Å². The quantitative estimate of drug-likeness (QED) is 0.0609. The first-order valence-corrected chi connectivity index (χ1v) is 14.9. The lowest BCUT2D eigenvalue weighted by atomic mass is 9.89. The Hall–Kier alpha value is -4.53. The van der Waals surface area contributed by atoms with E-state index in [0.29, 0.717) is 12.8 Å². The Morgan fingerprint density at radius 2 is 1.69 bits per heavy atom. The second-order valence-corrected chi connectivity index (χ2v) is 11.5. The van der Waals surface area contributed by atoms with Gasteiger partial charge in [0.15, 0.2) is 11.7 Å². The highest BCUT2D eigenvalue weighted by molar-refractivity contribution is 5.97. The van der Waals surface area contributed by atoms with E-state index in [1.54, 1.807) is 44.2 Å². The van der Waals surface area contributed by atoms with Gasteiger partial charge in [0.05, 0.1) is 24.4 Å². The highest BCUT2D eigenvalue weighted by Gasteiger charge is 2.38. The zero-order valence-electron chi connectivity index (χ0n) is 25.7. The van der Waals surface area contributed by atoms with Crippen molar-refractivity contribution in [3.8, 4) is 0 Å². The molecular formula is C30H45N7O8. The maximum atomic E-state index is 13.3. The number of carboxylic acids is 2. The number of aliphatic carboxylic acids is 2. The molecule has 1 aromatic carbocycles. The first kappa shape index (κ1) is 36.7. The number of hydrogen-bond donors (Lipinski definition) is 7. The van der Waals surface area contributed by atoms with Crippen LogP contribution in [-0.2, 0) is 35.2 Å². The van der Waals surface area contributed by atoms with Gasteiger partial charge in [-0.05, 0) is 43.6 Å². The van der Waals surface area contributed by atoms with Crippen molar-refractivity contribution in [3.63, 3.8) is 0 Å². The standard InChI is InChI=1S/C30H45N7O8/c1-17(2)25(23(38)15-19(29(44)45)14-18-8-4-3-5-9-18)36-26(41)21(16-24(39)40)35-27(42)22-11-7-13-37(22)28(43)20(31)10-6-12-34-30(32)33/h3-5,8-9,17,19-22,25H,6-7,10-16,31H2,1-2H3,(H,35,42)(H,36,41)(H,39,40)(H,44,45)(H4,32,33,34)/t19?,20-,21-,22-,25-/m0/s1. The van der Waals surface area contributed by atoms with Gasteiger partial charge in [-0.15, -0.1) is 0 Å². The van der Waals surface area contributed by atoms with Crippen molar-refractivity contribution < 1.29 is 39.0 Å². The summed E-state index contributed by atoms with van der Waals surface area (Å²) in [5.74, 6) is -6.78. The van der Waals surface area contributed by atoms with Gasteiger partial charge in [-0.1, -0.05) is 44.2 Å². The van der Waals surface area contributed by atoms with Gasteiger partial charge in [-0.25, -0.2) is 0 Å². The first-order valence-electron chi connectivity index (χ1n) is 14.9. The van der Waals surface area contributed by atoms with Crippen LogP contribution < -0.4 is 27.8 Å². The third-order valence-electron chi connectivity index (χ3n) is 7.57. The number of Topliss-reactive ketones (excluding diaryl/α,β-unsaturated/α-hetero) is 1. The first-order chi connectivity index (χ1) is 21.2. The Balaban J connectivity index is 2.10. The van der Waals surface area contributed by atoms with Gasteiger partial charge in [0.1, 0.15) is 12.1 Å². The van der Waals surface area contributed by atoms with Crippen molar-refractivity contribution in [2.45, 2.75) is 83.0 Å². The van der Waals surface area contributed by atoms with Crippen LogP contribution in [0.25, 0.3) is 0 Å². The zero-order valence-corrected chi connectivity index (χ0v) is 25.7. The van der Waals surface area contributed by atoms with Crippen LogP contribution >= 0.6 is 0 Å². The van der Waals surface area contributed by atoms with Crippen LogP contribution in [0.4, 0.5) is 0 Å². The van der Waals surface area contributed by atoms with E-state index in [-0.39, 0.29) is 44.7 Å². The smallest absolute Gasteiger partial charge is 0.307 e. The molecule has 0 bridgehead atoms. The van der Waals surface area contributed by atoms with E-state index in [1.165, 1.54) is 4.90 Å². The lowest BCUT2D eigenvalue weighted by Crippen LogP contribution is -2.57. The van der Waals surface area contributed by atoms with Crippen molar-refractivity contribution >= 4 is 41.4 Å². The Bertz CT molecular complexity index is 1240. The number of carbonyl (C=O) groups excluding carboxylic acids is 4. The summed E-state index contributed by atoms with van der Waals surface area (Å²) in [4.78, 5) is 81.5. The number of hydrogen-bond acceptors (Lipinski definition) is 8. The van der Waals surface area contributed by atoms with Gasteiger partial charge in [0.2, 0.25) is 17.7 Å². The molecule has 0 aliphatic carbocycles. The molecule has 1 unspecified atom stereocenters. The van der Waals surface area contributed by atoms with E-state index in [0.717, 1.165) is 5.56 Å². The molecule has 1 fully saturated rings. The Labute approximate surface area is 262 Å². The van der Waals surface area contributed by atoms with E-state index >= 15 is 0 Å². The number of amides is 3. The van der Waals surface area contributed by atoms with Crippen LogP contribution in [0, 0.1) is 11.8 Å². The van der Waals surface area contributed by atoms with E-state index < -0.39 is 77.9 Å². The molecular weight excluding hydrogens is 586 g/mol. The maximum Gasteiger partial charge on any atom is 0.307 e. The summed E-state index contributed by atoms with van der Waals surface area (Å²) in [7, 11) is 0. The normalized spacial score (nSPS) is 17.1. The minimum Gasteiger partial charge on any atom is -0.481 e. The zero-order chi connectivity index (χ0) is 33.7. The van der Waals surface area contributed by atoms with E-state index in [1.807, 2.05) is 0 Å². The number of ketones is 1. The van der Waals surface area contributed by atoms with Crippen molar-refractivity contribution in [1.29, 1.82) is 0 Å². The third-order valence-corrected chi connectivity index (χ3v) is 7.57. The molecule has 1 aromatic rings. The predicted molar refractivity (Wildman–Crippen MR) is 164 cm³/mol. The number of benzene rings is 1. The average molecular weight is 632 g/mol. The number of aliphatic imine (C=N–C) groups is 1. The number of carboxylic acid groups (broad SMARTS) is 2. The monoisotopic (exact) mass is 631 g/mol. The fourth-order valence-corrected chi connectivity index (χ4v) is 5.20. The molecule has 1 heterocycles. The molecule has 1 aliphatic rings. The van der Waals surface area contributed by atoms with E-state index in [2.05, 4.69) is 15.6 Å². The molecule has 10 N–H and O–H groups in total. The minimum atomic E-state index is -1.56. The summed E-state index contributed by atoms with van der Waals surface area (Å²) < 4.78 is 0. The fraction of sp³-hybridized carbons (Fsp3) is 0.567. The summed E-state index contributed by atoms with van der Waals surface area (Å²) in [5, 5.41) is 24.2. The molecule has 15 nitrogen and oxygen atoms in total. The Morgan fingerprint density at radius 1 is 1.02 bits per heavy atom. The third kappa shape index (κ3) is 11.8. The summed E-state index contributed by atoms with van der Waals surface area (Å²) in [5.41, 5.74) is 17.4. The van der Waals surface area contributed by atoms with Crippen molar-refractivity contribution in [1.82, 2.24) is 15.5 Å². The van der Waals surface area contributed by atoms with Gasteiger partial charge < -0.3 is 42.9 Å². The number of carbonyl (C=O) groups is 6. The average Bonchev–Trinajstić information content (AvgIpc) is 3.47. The van der Waals surface area contributed by atoms with Gasteiger partial charge in [0, 0.05) is 19.5 Å². The largest absolute Gasteiger partial charge is 0.481 e. The number of nitrogens with two attached hydrogens (primary N) is 3. The number of rotatable bonds is 18. The van der Waals surface area contributed by atoms with E-state index in [9.17, 15) is 39.0 Å². The summed E-state index contributed by atoms with van der Waals surface area (Å²) in [6.45, 7) is 3.85. The molecule has 0 saturated carbocycles. The molecule has 5 atom stereocenters. The molecule has 0 radical (unpaired) electrons. The topological polar surface area (TPSA) is 261 Å². The highest BCUT2D eigenvalue weighted by atomic mass is 16.4. The number of nitrogens with one attached hydrogen (secondary N) is 2. The lowest BCUT2D eigenvalue weighted by molar-refractivity contribution is -0.145. The number of guanidine groups is 1. The van der Waals surface area contributed by atoms with Crippen molar-refractivity contribution in [3.05, 3.63) is 35.9 Å². The van der Waals surface area contributed by atoms with Crippen molar-refractivity contribution in [2.75, 3.05) is 13.1 Å². The second kappa shape index (κ2) is 17.7. The predicted octanol–water partition coefficient (Wildman–Crippen LogP) is -0.639. The van der Waals surface area contributed by atoms with Gasteiger partial charge in [0.25, 0.3) is 0 Å². The van der Waals surface area contributed by atoms with Crippen LogP contribution in [0.1, 0.15) is 57.9 Å². The Morgan fingerprint density at radius 3 is 2.27 bits per heavy atom. The van der Waals surface area contributed by atoms with Crippen LogP contribution in [0.15, 0.2) is 35.3 Å². The Kier molecular flexibility index (Phi) is 14.4. The van der Waals surface area contributed by atoms with Crippen molar-refractivity contribution in [2.24, 2.45) is 34.0 Å². The van der Waals surface area contributed by atoms with Crippen LogP contribution in [-0.4, -0.2) is 93.8 Å². The fourth-order valence-electron chi connectivity index (χ4n) is 5.20. The maximum absolute atomic E-state index is 13.3. The van der Waals surface area contributed by atoms with E-state index in [4.69, 9.17) is 17.2 Å². The molecule has 45 heavy (non-hydrogen) atoms. The summed E-state index contributed by atoms with van der Waals surface area (Å²) in [6, 6.07) is 4.23. The summed E-state index contributed by atoms with van der Waals surface area (Å²) in [6.07, 6.45) is 0.439. The summed E-state index contributed by atoms with van der Waals surface area (Å²) >= 11 is 0. The molecule has 0 spiro atoms. The SMILES string of the molecule is CC(C)[C@H](NC(=O)[C@H](CC(=O)O)NC(=O)[C@@H]1CCCN1C(=O)[C@@H](N)CCCN=C(N)N)C(=O)CC(Cc1ccccc1)C(=O)O. The molecule has 248 valence electrons. The van der Waals surface area contributed by atoms with Gasteiger partial charge in [-0.2, -0.15) is 0 Å². The van der Waals surface area contributed by atoms with Crippen LogP contribution in [0.3, 0.4) is 0 Å². The molecule has 3 amide bonds. The molecule has 1 saturated heterocycles. The number of likely N-dealkylation sites (tertiary alicyclic amines) is 1. The molecule has 15 heteroatoms. The number of nitrogens with zero attached hydrogens (tertiary/aromatic N) is 2. The highest BCUT2D eigenvalue weighted by Crippen LogP contribution is 2.20. The molecule has 0 aromatic heterocycles. The van der Waals surface area contributed by atoms with Gasteiger partial charge in [-0.3, -0.25) is 33.8 Å². The minimum absolute atomic E-state index is 0.0808. The van der Waals surface area contributed by atoms with Crippen LogP contribution in [0.5, 0.6) is 0 Å². The molecule has 2 rings (SSSR count). The van der Waals surface area contributed by atoms with Gasteiger partial charge >= 0.3 is 11.9 Å². The molecule has 1 aliphatic heterocycles.